The molecule has 47 heavy (non-hydrogen) atoms. The number of sulfonamides is 1. The van der Waals surface area contributed by atoms with Crippen molar-refractivity contribution < 1.29 is 31.2 Å². The van der Waals surface area contributed by atoms with Crippen LogP contribution in [0.3, 0.4) is 0 Å². The lowest BCUT2D eigenvalue weighted by atomic mass is 10.0. The molecule has 248 valence electrons. The molecule has 0 unspecified atom stereocenters. The van der Waals surface area contributed by atoms with Gasteiger partial charge in [-0.25, -0.2) is 8.42 Å². The zero-order chi connectivity index (χ0) is 34.0. The van der Waals surface area contributed by atoms with Crippen LogP contribution < -0.4 is 9.62 Å². The van der Waals surface area contributed by atoms with Crippen molar-refractivity contribution in [2.75, 3.05) is 17.4 Å². The van der Waals surface area contributed by atoms with Crippen molar-refractivity contribution in [3.8, 4) is 0 Å². The van der Waals surface area contributed by atoms with Crippen LogP contribution in [0.25, 0.3) is 0 Å². The molecular weight excluding hydrogens is 651 g/mol. The first kappa shape index (κ1) is 35.5. The van der Waals surface area contributed by atoms with E-state index in [9.17, 15) is 31.2 Å². The van der Waals surface area contributed by atoms with Gasteiger partial charge in [0.15, 0.2) is 0 Å². The lowest BCUT2D eigenvalue weighted by molar-refractivity contribution is -0.140. The van der Waals surface area contributed by atoms with Gasteiger partial charge in [-0.2, -0.15) is 13.2 Å². The molecule has 0 saturated heterocycles. The van der Waals surface area contributed by atoms with E-state index in [1.807, 2.05) is 25.1 Å². The van der Waals surface area contributed by atoms with Gasteiger partial charge in [0.1, 0.15) is 12.6 Å². The van der Waals surface area contributed by atoms with E-state index in [1.54, 1.807) is 48.5 Å². The third-order valence-corrected chi connectivity index (χ3v) is 9.54. The summed E-state index contributed by atoms with van der Waals surface area (Å²) in [5.74, 6) is -1.26. The normalized spacial score (nSPS) is 12.3. The molecule has 0 radical (unpaired) electrons. The number of unbranched alkanes of at least 4 members (excludes halogenated alkanes) is 1. The van der Waals surface area contributed by atoms with Crippen molar-refractivity contribution >= 4 is 39.1 Å². The van der Waals surface area contributed by atoms with Crippen LogP contribution in [-0.4, -0.2) is 44.3 Å². The van der Waals surface area contributed by atoms with Crippen molar-refractivity contribution in [3.63, 3.8) is 0 Å². The predicted octanol–water partition coefficient (Wildman–Crippen LogP) is 7.11. The molecule has 12 heteroatoms. The smallest absolute Gasteiger partial charge is 0.354 e. The summed E-state index contributed by atoms with van der Waals surface area (Å²) in [5.41, 5.74) is -0.250. The van der Waals surface area contributed by atoms with E-state index < -0.39 is 51.9 Å². The molecular formula is C35H35ClF3N3O4S. The molecule has 0 aliphatic rings. The fourth-order valence-electron chi connectivity index (χ4n) is 4.95. The van der Waals surface area contributed by atoms with Gasteiger partial charge < -0.3 is 10.2 Å². The topological polar surface area (TPSA) is 86.8 Å². The maximum atomic E-state index is 14.4. The Morgan fingerprint density at radius 2 is 1.43 bits per heavy atom. The molecule has 0 spiro atoms. The standard InChI is InChI=1S/C35H35ClF3N3O4S/c1-2-3-21-40-34(44)32(22-26-13-7-4-8-14-26)41(24-27-15-9-5-10-16-27)33(43)25-42(47(45,46)29-17-11-6-12-18-29)31-23-28(35(37,38)39)19-20-30(31)36/h4-20,23,32H,2-3,21-22,24-25H2,1H3,(H,40,44)/t32-/m0/s1. The summed E-state index contributed by atoms with van der Waals surface area (Å²) in [5, 5.41) is 2.58. The Labute approximate surface area is 278 Å². The van der Waals surface area contributed by atoms with Crippen LogP contribution in [0, 0.1) is 0 Å². The van der Waals surface area contributed by atoms with Gasteiger partial charge in [-0.15, -0.1) is 0 Å². The van der Waals surface area contributed by atoms with E-state index in [4.69, 9.17) is 11.6 Å². The monoisotopic (exact) mass is 685 g/mol. The van der Waals surface area contributed by atoms with Gasteiger partial charge in [0, 0.05) is 19.5 Å². The number of nitrogens with zero attached hydrogens (tertiary/aromatic N) is 2. The highest BCUT2D eigenvalue weighted by Crippen LogP contribution is 2.37. The molecule has 4 aromatic rings. The Hall–Kier alpha value is -4.35. The van der Waals surface area contributed by atoms with Gasteiger partial charge in [-0.1, -0.05) is 104 Å². The van der Waals surface area contributed by atoms with E-state index in [0.29, 0.717) is 28.9 Å². The zero-order valence-electron chi connectivity index (χ0n) is 25.7. The van der Waals surface area contributed by atoms with Gasteiger partial charge in [-0.05, 0) is 47.9 Å². The fourth-order valence-corrected chi connectivity index (χ4v) is 6.67. The number of halogens is 4. The Balaban J connectivity index is 1.84. The second-order valence-corrected chi connectivity index (χ2v) is 13.1. The van der Waals surface area contributed by atoms with E-state index in [2.05, 4.69) is 5.32 Å². The van der Waals surface area contributed by atoms with Gasteiger partial charge in [0.2, 0.25) is 11.8 Å². The molecule has 4 aromatic carbocycles. The van der Waals surface area contributed by atoms with Crippen LogP contribution >= 0.6 is 11.6 Å². The first-order valence-electron chi connectivity index (χ1n) is 15.0. The minimum atomic E-state index is -4.82. The Morgan fingerprint density at radius 3 is 2.00 bits per heavy atom. The quantitative estimate of drug-likeness (QED) is 0.143. The van der Waals surface area contributed by atoms with Crippen LogP contribution in [0.4, 0.5) is 18.9 Å². The van der Waals surface area contributed by atoms with Crippen LogP contribution in [0.5, 0.6) is 0 Å². The molecule has 1 atom stereocenters. The molecule has 7 nitrogen and oxygen atoms in total. The Morgan fingerprint density at radius 1 is 0.851 bits per heavy atom. The predicted molar refractivity (Wildman–Crippen MR) is 176 cm³/mol. The molecule has 0 aliphatic carbocycles. The molecule has 0 heterocycles. The molecule has 0 saturated carbocycles. The maximum absolute atomic E-state index is 14.4. The Kier molecular flexibility index (Phi) is 12.1. The molecule has 4 rings (SSSR count). The summed E-state index contributed by atoms with van der Waals surface area (Å²) in [6.07, 6.45) is -3.19. The van der Waals surface area contributed by atoms with Gasteiger partial charge in [0.25, 0.3) is 10.0 Å². The number of nitrogens with one attached hydrogen (secondary N) is 1. The number of rotatable bonds is 14. The third-order valence-electron chi connectivity index (χ3n) is 7.45. The molecule has 0 bridgehead atoms. The first-order chi connectivity index (χ1) is 22.4. The summed E-state index contributed by atoms with van der Waals surface area (Å²) >= 11 is 6.36. The molecule has 0 fully saturated rings. The number of alkyl halides is 3. The summed E-state index contributed by atoms with van der Waals surface area (Å²) in [6.45, 7) is 1.33. The average Bonchev–Trinajstić information content (AvgIpc) is 3.06. The second-order valence-electron chi connectivity index (χ2n) is 10.8. The van der Waals surface area contributed by atoms with Gasteiger partial charge >= 0.3 is 6.18 Å². The summed E-state index contributed by atoms with van der Waals surface area (Å²) in [4.78, 5) is 29.2. The zero-order valence-corrected chi connectivity index (χ0v) is 27.2. The van der Waals surface area contributed by atoms with Crippen molar-refractivity contribution in [2.24, 2.45) is 0 Å². The van der Waals surface area contributed by atoms with Crippen molar-refractivity contribution in [1.29, 1.82) is 0 Å². The lowest BCUT2D eigenvalue weighted by Gasteiger charge is -2.34. The molecule has 0 aromatic heterocycles. The van der Waals surface area contributed by atoms with Crippen molar-refractivity contribution in [2.45, 2.75) is 49.8 Å². The number of anilines is 1. The van der Waals surface area contributed by atoms with Crippen LogP contribution in [-0.2, 0) is 38.8 Å². The second kappa shape index (κ2) is 16.0. The first-order valence-corrected chi connectivity index (χ1v) is 16.8. The van der Waals surface area contributed by atoms with E-state index in [0.717, 1.165) is 24.1 Å². The SMILES string of the molecule is CCCCNC(=O)[C@H](Cc1ccccc1)N(Cc1ccccc1)C(=O)CN(c1cc(C(F)(F)F)ccc1Cl)S(=O)(=O)c1ccccc1. The summed E-state index contributed by atoms with van der Waals surface area (Å²) < 4.78 is 70.2. The summed E-state index contributed by atoms with van der Waals surface area (Å²) in [7, 11) is -4.63. The van der Waals surface area contributed by atoms with E-state index in [1.165, 1.54) is 29.2 Å². The van der Waals surface area contributed by atoms with Crippen molar-refractivity contribution in [1.82, 2.24) is 10.2 Å². The van der Waals surface area contributed by atoms with Crippen molar-refractivity contribution in [3.05, 3.63) is 131 Å². The molecule has 2 amide bonds. The highest BCUT2D eigenvalue weighted by atomic mass is 35.5. The van der Waals surface area contributed by atoms with Gasteiger partial charge in [-0.3, -0.25) is 13.9 Å². The highest BCUT2D eigenvalue weighted by molar-refractivity contribution is 7.92. The molecule has 1 N–H and O–H groups in total. The molecule has 0 aliphatic heterocycles. The summed E-state index contributed by atoms with van der Waals surface area (Å²) in [6, 6.07) is 26.1. The Bertz CT molecular complexity index is 1740. The minimum absolute atomic E-state index is 0.0755. The van der Waals surface area contributed by atoms with Crippen LogP contribution in [0.2, 0.25) is 5.02 Å². The highest BCUT2D eigenvalue weighted by Gasteiger charge is 2.37. The maximum Gasteiger partial charge on any atom is 0.416 e. The number of amides is 2. The van der Waals surface area contributed by atoms with Crippen LogP contribution in [0.15, 0.2) is 114 Å². The van der Waals surface area contributed by atoms with Crippen LogP contribution in [0.1, 0.15) is 36.5 Å². The van der Waals surface area contributed by atoms with Gasteiger partial charge in [0.05, 0.1) is 21.2 Å². The number of hydrogen-bond acceptors (Lipinski definition) is 4. The third kappa shape index (κ3) is 9.36. The number of carbonyl (C=O) groups excluding carboxylic acids is 2. The van der Waals surface area contributed by atoms with E-state index >= 15 is 0 Å². The van der Waals surface area contributed by atoms with E-state index in [-0.39, 0.29) is 22.9 Å². The lowest BCUT2D eigenvalue weighted by Crippen LogP contribution is -2.53. The fraction of sp³-hybridized carbons (Fsp3) is 0.257. The largest absolute Gasteiger partial charge is 0.416 e. The number of hydrogen-bond donors (Lipinski definition) is 1. The number of benzene rings is 4. The number of carbonyl (C=O) groups is 2. The minimum Gasteiger partial charge on any atom is -0.354 e. The average molecular weight is 686 g/mol.